The second-order valence-electron chi connectivity index (χ2n) is 5.93. The van der Waals surface area contributed by atoms with Gasteiger partial charge in [0.1, 0.15) is 0 Å². The lowest BCUT2D eigenvalue weighted by Gasteiger charge is -2.04. The number of hydrogen-bond donors (Lipinski definition) is 0. The first-order chi connectivity index (χ1) is 13.2. The Labute approximate surface area is 174 Å². The molecule has 0 amide bonds. The van der Waals surface area contributed by atoms with Crippen molar-refractivity contribution in [3.8, 4) is 11.3 Å². The highest BCUT2D eigenvalue weighted by atomic mass is 79.9. The van der Waals surface area contributed by atoms with E-state index in [1.165, 1.54) is 5.56 Å². The molecule has 0 bridgehead atoms. The third-order valence-corrected chi connectivity index (χ3v) is 6.02. The van der Waals surface area contributed by atoms with Gasteiger partial charge < -0.3 is 0 Å². The maximum atomic E-state index is 4.81. The van der Waals surface area contributed by atoms with E-state index in [4.69, 9.17) is 10.1 Å². The first kappa shape index (κ1) is 18.1. The molecule has 0 aliphatic carbocycles. The smallest absolute Gasteiger partial charge is 0.211 e. The predicted molar refractivity (Wildman–Crippen MR) is 119 cm³/mol. The highest BCUT2D eigenvalue weighted by Crippen LogP contribution is 2.24. The molecule has 0 atom stereocenters. The topological polar surface area (TPSA) is 29.6 Å². The lowest BCUT2D eigenvalue weighted by atomic mass is 10.2. The minimum absolute atomic E-state index is 0.835. The third kappa shape index (κ3) is 4.35. The van der Waals surface area contributed by atoms with Crippen molar-refractivity contribution in [3.63, 3.8) is 0 Å². The van der Waals surface area contributed by atoms with E-state index in [1.807, 2.05) is 46.6 Å². The van der Waals surface area contributed by atoms with Crippen LogP contribution in [-0.2, 0) is 0 Å². The van der Waals surface area contributed by atoms with Crippen LogP contribution in [0, 0.1) is 6.92 Å². The summed E-state index contributed by atoms with van der Waals surface area (Å²) in [5.41, 5.74) is 4.25. The zero-order valence-electron chi connectivity index (χ0n) is 14.5. The normalized spacial score (nSPS) is 12.1. The maximum Gasteiger partial charge on any atom is 0.211 e. The van der Waals surface area contributed by atoms with Gasteiger partial charge in [-0.2, -0.15) is 5.10 Å². The van der Waals surface area contributed by atoms with Gasteiger partial charge in [0.05, 0.1) is 17.6 Å². The van der Waals surface area contributed by atoms with E-state index in [2.05, 4.69) is 58.6 Å². The number of halogens is 1. The molecule has 6 heteroatoms. The molecule has 0 aliphatic rings. The van der Waals surface area contributed by atoms with Crippen molar-refractivity contribution in [1.29, 1.82) is 0 Å². The largest absolute Gasteiger partial charge is 0.220 e. The van der Waals surface area contributed by atoms with Gasteiger partial charge in [0.2, 0.25) is 4.80 Å². The van der Waals surface area contributed by atoms with Crippen molar-refractivity contribution in [1.82, 2.24) is 4.68 Å². The monoisotopic (exact) mass is 453 g/mol. The molecule has 0 saturated carbocycles. The molecule has 0 N–H and O–H groups in total. The molecule has 0 fully saturated rings. The van der Waals surface area contributed by atoms with E-state index in [0.717, 1.165) is 31.1 Å². The Morgan fingerprint density at radius 2 is 1.85 bits per heavy atom. The van der Waals surface area contributed by atoms with Crippen LogP contribution in [0.4, 0.5) is 5.69 Å². The Kier molecular flexibility index (Phi) is 5.48. The molecule has 0 unspecified atom stereocenters. The van der Waals surface area contributed by atoms with Crippen LogP contribution in [0.15, 0.2) is 86.0 Å². The Bertz CT molecular complexity index is 1140. The average Bonchev–Trinajstić information content (AvgIpc) is 3.32. The van der Waals surface area contributed by atoms with Gasteiger partial charge in [-0.25, -0.2) is 9.67 Å². The van der Waals surface area contributed by atoms with E-state index in [9.17, 15) is 0 Å². The zero-order valence-corrected chi connectivity index (χ0v) is 17.8. The van der Waals surface area contributed by atoms with Crippen LogP contribution in [0.25, 0.3) is 11.3 Å². The minimum atomic E-state index is 0.835. The summed E-state index contributed by atoms with van der Waals surface area (Å²) in [5.74, 6) is 0. The number of nitrogens with zero attached hydrogens (tertiary/aromatic N) is 3. The van der Waals surface area contributed by atoms with Crippen molar-refractivity contribution >= 4 is 50.5 Å². The molecular weight excluding hydrogens is 438 g/mol. The fraction of sp³-hybridized carbons (Fsp3) is 0.0476. The number of thiazole rings is 1. The summed E-state index contributed by atoms with van der Waals surface area (Å²) in [6.07, 6.45) is 1.88. The van der Waals surface area contributed by atoms with Crippen molar-refractivity contribution < 1.29 is 0 Å². The molecule has 2 heterocycles. The van der Waals surface area contributed by atoms with E-state index in [1.54, 1.807) is 22.7 Å². The Balaban J connectivity index is 1.85. The van der Waals surface area contributed by atoms with Gasteiger partial charge in [-0.3, -0.25) is 0 Å². The van der Waals surface area contributed by atoms with Crippen molar-refractivity contribution in [2.75, 3.05) is 0 Å². The highest BCUT2D eigenvalue weighted by Gasteiger charge is 2.08. The molecule has 3 nitrogen and oxygen atoms in total. The van der Waals surface area contributed by atoms with Gasteiger partial charge in [0.25, 0.3) is 0 Å². The van der Waals surface area contributed by atoms with Gasteiger partial charge in [-0.05, 0) is 42.6 Å². The van der Waals surface area contributed by atoms with E-state index >= 15 is 0 Å². The van der Waals surface area contributed by atoms with Crippen LogP contribution >= 0.6 is 38.6 Å². The van der Waals surface area contributed by atoms with E-state index in [0.29, 0.717) is 0 Å². The molecule has 134 valence electrons. The summed E-state index contributed by atoms with van der Waals surface area (Å²) < 4.78 is 2.95. The average molecular weight is 454 g/mol. The van der Waals surface area contributed by atoms with Crippen LogP contribution in [0.3, 0.4) is 0 Å². The number of benzene rings is 2. The third-order valence-electron chi connectivity index (χ3n) is 3.91. The van der Waals surface area contributed by atoms with Crippen LogP contribution in [0.1, 0.15) is 10.4 Å². The van der Waals surface area contributed by atoms with Gasteiger partial charge in [-0.1, -0.05) is 51.8 Å². The standard InChI is InChI=1S/C21H16BrN3S2/c1-15-7-9-18(10-8-15)24-21-25(23-13-19-6-3-11-26-19)20(14-27-21)16-4-2-5-17(22)12-16/h2-14H,1H3. The van der Waals surface area contributed by atoms with Crippen LogP contribution in [-0.4, -0.2) is 10.9 Å². The molecule has 0 saturated heterocycles. The summed E-state index contributed by atoms with van der Waals surface area (Å²) in [6, 6.07) is 20.5. The summed E-state index contributed by atoms with van der Waals surface area (Å²) in [4.78, 5) is 6.75. The van der Waals surface area contributed by atoms with E-state index in [-0.39, 0.29) is 0 Å². The fourth-order valence-electron chi connectivity index (χ4n) is 2.54. The SMILES string of the molecule is Cc1ccc(N=c2scc(-c3cccc(Br)c3)n2N=Cc2cccs2)cc1. The molecule has 0 radical (unpaired) electrons. The number of thiophene rings is 1. The van der Waals surface area contributed by atoms with Crippen LogP contribution in [0.2, 0.25) is 0 Å². The Morgan fingerprint density at radius 1 is 1.00 bits per heavy atom. The summed E-state index contributed by atoms with van der Waals surface area (Å²) in [7, 11) is 0. The first-order valence-corrected chi connectivity index (χ1v) is 10.9. The molecule has 27 heavy (non-hydrogen) atoms. The Hall–Kier alpha value is -2.28. The second kappa shape index (κ2) is 8.17. The summed E-state index contributed by atoms with van der Waals surface area (Å²) >= 11 is 6.80. The predicted octanol–water partition coefficient (Wildman–Crippen LogP) is 6.46. The fourth-order valence-corrected chi connectivity index (χ4v) is 4.38. The molecule has 2 aromatic carbocycles. The van der Waals surface area contributed by atoms with E-state index < -0.39 is 0 Å². The summed E-state index contributed by atoms with van der Waals surface area (Å²) in [5, 5.41) is 8.88. The number of aryl methyl sites for hydroxylation is 1. The van der Waals surface area contributed by atoms with Crippen LogP contribution in [0.5, 0.6) is 0 Å². The quantitative estimate of drug-likeness (QED) is 0.317. The lowest BCUT2D eigenvalue weighted by molar-refractivity contribution is 0.855. The number of rotatable bonds is 4. The van der Waals surface area contributed by atoms with Crippen molar-refractivity contribution in [3.05, 3.63) is 91.1 Å². The molecule has 4 rings (SSSR count). The minimum Gasteiger partial charge on any atom is -0.220 e. The zero-order chi connectivity index (χ0) is 18.6. The molecule has 2 aromatic heterocycles. The number of aromatic nitrogens is 1. The Morgan fingerprint density at radius 3 is 2.59 bits per heavy atom. The molecule has 4 aromatic rings. The lowest BCUT2D eigenvalue weighted by Crippen LogP contribution is -2.11. The highest BCUT2D eigenvalue weighted by molar-refractivity contribution is 9.10. The van der Waals surface area contributed by atoms with Gasteiger partial charge >= 0.3 is 0 Å². The second-order valence-corrected chi connectivity index (χ2v) is 8.66. The van der Waals surface area contributed by atoms with Crippen LogP contribution < -0.4 is 4.80 Å². The maximum absolute atomic E-state index is 4.81. The first-order valence-electron chi connectivity index (χ1n) is 8.35. The van der Waals surface area contributed by atoms with Crippen molar-refractivity contribution in [2.45, 2.75) is 6.92 Å². The van der Waals surface area contributed by atoms with Gasteiger partial charge in [-0.15, -0.1) is 22.7 Å². The molecule has 0 aliphatic heterocycles. The molecular formula is C21H16BrN3S2. The van der Waals surface area contributed by atoms with Gasteiger partial charge in [0, 0.05) is 20.3 Å². The summed E-state index contributed by atoms with van der Waals surface area (Å²) in [6.45, 7) is 2.08. The molecule has 0 spiro atoms. The van der Waals surface area contributed by atoms with Crippen molar-refractivity contribution in [2.24, 2.45) is 10.1 Å². The van der Waals surface area contributed by atoms with Gasteiger partial charge in [0.15, 0.2) is 0 Å². The number of hydrogen-bond acceptors (Lipinski definition) is 4.